The first-order chi connectivity index (χ1) is 14.7. The summed E-state index contributed by atoms with van der Waals surface area (Å²) in [4.78, 5) is 16.6. The Kier molecular flexibility index (Phi) is 7.84. The van der Waals surface area contributed by atoms with E-state index in [4.69, 9.17) is 4.99 Å². The van der Waals surface area contributed by atoms with Crippen LogP contribution in [-0.2, 0) is 26.1 Å². The summed E-state index contributed by atoms with van der Waals surface area (Å²) in [6, 6.07) is 22.0. The van der Waals surface area contributed by atoms with Crippen LogP contribution < -0.4 is 16.2 Å². The van der Waals surface area contributed by atoms with Crippen LogP contribution in [0.1, 0.15) is 36.1 Å². The monoisotopic (exact) mass is 402 g/mol. The lowest BCUT2D eigenvalue weighted by Gasteiger charge is -2.13. The molecule has 1 heterocycles. The Hall–Kier alpha value is -3.34. The Balaban J connectivity index is 1.61. The molecule has 0 radical (unpaired) electrons. The van der Waals surface area contributed by atoms with Crippen molar-refractivity contribution in [1.29, 1.82) is 0 Å². The van der Waals surface area contributed by atoms with Gasteiger partial charge in [-0.2, -0.15) is 0 Å². The highest BCUT2D eigenvalue weighted by Crippen LogP contribution is 2.09. The van der Waals surface area contributed by atoms with Gasteiger partial charge in [0.25, 0.3) is 5.56 Å². The largest absolute Gasteiger partial charge is 0.357 e. The zero-order valence-corrected chi connectivity index (χ0v) is 17.8. The molecule has 0 atom stereocenters. The molecule has 3 aromatic rings. The zero-order chi connectivity index (χ0) is 21.2. The Morgan fingerprint density at radius 1 is 0.867 bits per heavy atom. The van der Waals surface area contributed by atoms with E-state index in [1.54, 1.807) is 16.7 Å². The van der Waals surface area contributed by atoms with Crippen LogP contribution in [0, 0.1) is 0 Å². The van der Waals surface area contributed by atoms with Crippen LogP contribution in [0.2, 0.25) is 0 Å². The lowest BCUT2D eigenvalue weighted by molar-refractivity contribution is 0.759. The number of nitrogens with one attached hydrogen (secondary N) is 2. The summed E-state index contributed by atoms with van der Waals surface area (Å²) in [7, 11) is 0. The molecule has 5 heteroatoms. The molecule has 0 aliphatic heterocycles. The average molecular weight is 403 g/mol. The van der Waals surface area contributed by atoms with E-state index < -0.39 is 0 Å². The van der Waals surface area contributed by atoms with Crippen molar-refractivity contribution >= 4 is 5.96 Å². The van der Waals surface area contributed by atoms with E-state index in [1.165, 1.54) is 11.1 Å². The van der Waals surface area contributed by atoms with E-state index in [9.17, 15) is 4.79 Å². The zero-order valence-electron chi connectivity index (χ0n) is 17.8. The van der Waals surface area contributed by atoms with E-state index in [0.29, 0.717) is 13.1 Å². The van der Waals surface area contributed by atoms with Crippen molar-refractivity contribution in [2.24, 2.45) is 4.99 Å². The topological polar surface area (TPSA) is 58.4 Å². The third-order valence-electron chi connectivity index (χ3n) is 4.98. The van der Waals surface area contributed by atoms with Gasteiger partial charge in [-0.1, -0.05) is 61.5 Å². The molecule has 30 heavy (non-hydrogen) atoms. The van der Waals surface area contributed by atoms with Crippen molar-refractivity contribution < 1.29 is 0 Å². The van der Waals surface area contributed by atoms with Crippen molar-refractivity contribution in [2.75, 3.05) is 6.54 Å². The molecule has 0 spiro atoms. The van der Waals surface area contributed by atoms with Gasteiger partial charge in [0.2, 0.25) is 0 Å². The van der Waals surface area contributed by atoms with Gasteiger partial charge in [0.15, 0.2) is 5.96 Å². The summed E-state index contributed by atoms with van der Waals surface area (Å²) in [5, 5.41) is 6.74. The standard InChI is InChI=1S/C25H30N4O/c1-3-22-9-5-6-10-23(22)18-28-25(26-4-2)27-17-20-12-14-21(15-13-20)19-29-16-8-7-11-24(29)30/h5-16H,3-4,17-19H2,1-2H3,(H2,26,27,28). The number of aryl methyl sites for hydroxylation is 1. The number of hydrogen-bond acceptors (Lipinski definition) is 2. The molecule has 156 valence electrons. The maximum absolute atomic E-state index is 11.9. The van der Waals surface area contributed by atoms with Crippen molar-refractivity contribution in [1.82, 2.24) is 15.2 Å². The highest BCUT2D eigenvalue weighted by molar-refractivity contribution is 5.79. The van der Waals surface area contributed by atoms with Gasteiger partial charge in [0.1, 0.15) is 0 Å². The lowest BCUT2D eigenvalue weighted by atomic mass is 10.1. The maximum atomic E-state index is 11.9. The first-order valence-corrected chi connectivity index (χ1v) is 10.5. The predicted octanol–water partition coefficient (Wildman–Crippen LogP) is 3.71. The first-order valence-electron chi connectivity index (χ1n) is 10.5. The number of hydrogen-bond donors (Lipinski definition) is 2. The summed E-state index contributed by atoms with van der Waals surface area (Å²) in [5.74, 6) is 0.809. The molecule has 0 fully saturated rings. The molecule has 0 saturated carbocycles. The van der Waals surface area contributed by atoms with Gasteiger partial charge in [-0.25, -0.2) is 4.99 Å². The van der Waals surface area contributed by atoms with Gasteiger partial charge in [0, 0.05) is 25.4 Å². The van der Waals surface area contributed by atoms with Crippen molar-refractivity contribution in [3.63, 3.8) is 0 Å². The summed E-state index contributed by atoms with van der Waals surface area (Å²) in [5.41, 5.74) is 4.89. The van der Waals surface area contributed by atoms with E-state index in [2.05, 4.69) is 73.0 Å². The molecular weight excluding hydrogens is 372 g/mol. The van der Waals surface area contributed by atoms with Crippen LogP contribution in [0.5, 0.6) is 0 Å². The number of guanidine groups is 1. The molecule has 5 nitrogen and oxygen atoms in total. The van der Waals surface area contributed by atoms with Crippen molar-refractivity contribution in [3.8, 4) is 0 Å². The van der Waals surface area contributed by atoms with Gasteiger partial charge >= 0.3 is 0 Å². The minimum absolute atomic E-state index is 0.0113. The predicted molar refractivity (Wildman–Crippen MR) is 124 cm³/mol. The van der Waals surface area contributed by atoms with Gasteiger partial charge < -0.3 is 15.2 Å². The minimum Gasteiger partial charge on any atom is -0.357 e. The van der Waals surface area contributed by atoms with Crippen LogP contribution in [0.15, 0.2) is 82.7 Å². The second-order valence-electron chi connectivity index (χ2n) is 7.15. The van der Waals surface area contributed by atoms with Crippen molar-refractivity contribution in [2.45, 2.75) is 39.9 Å². The molecule has 2 aromatic carbocycles. The van der Waals surface area contributed by atoms with Gasteiger partial charge in [-0.3, -0.25) is 4.79 Å². The van der Waals surface area contributed by atoms with Gasteiger partial charge in [-0.05, 0) is 41.7 Å². The Bertz CT molecular complexity index is 1020. The number of aromatic nitrogens is 1. The Labute approximate surface area is 178 Å². The fourth-order valence-electron chi connectivity index (χ4n) is 3.30. The minimum atomic E-state index is 0.0113. The summed E-state index contributed by atoms with van der Waals surface area (Å²) in [6.07, 6.45) is 2.83. The quantitative estimate of drug-likeness (QED) is 0.446. The van der Waals surface area contributed by atoms with Crippen LogP contribution in [-0.4, -0.2) is 17.1 Å². The molecule has 1 aromatic heterocycles. The van der Waals surface area contributed by atoms with Crippen LogP contribution >= 0.6 is 0 Å². The number of benzene rings is 2. The number of pyridine rings is 1. The summed E-state index contributed by atoms with van der Waals surface area (Å²) < 4.78 is 1.70. The molecule has 0 bridgehead atoms. The van der Waals surface area contributed by atoms with Crippen LogP contribution in [0.25, 0.3) is 0 Å². The normalized spacial score (nSPS) is 11.3. The van der Waals surface area contributed by atoms with E-state index in [-0.39, 0.29) is 5.56 Å². The van der Waals surface area contributed by atoms with E-state index in [1.807, 2.05) is 12.3 Å². The molecule has 0 unspecified atom stereocenters. The van der Waals surface area contributed by atoms with Crippen LogP contribution in [0.3, 0.4) is 0 Å². The van der Waals surface area contributed by atoms with E-state index >= 15 is 0 Å². The number of aliphatic imine (C=N–C) groups is 1. The Morgan fingerprint density at radius 2 is 1.57 bits per heavy atom. The lowest BCUT2D eigenvalue weighted by Crippen LogP contribution is -2.37. The number of rotatable bonds is 8. The molecule has 2 N–H and O–H groups in total. The number of nitrogens with zero attached hydrogens (tertiary/aromatic N) is 2. The third kappa shape index (κ3) is 6.08. The van der Waals surface area contributed by atoms with E-state index in [0.717, 1.165) is 36.6 Å². The molecule has 0 saturated heterocycles. The smallest absolute Gasteiger partial charge is 0.250 e. The van der Waals surface area contributed by atoms with Crippen LogP contribution in [0.4, 0.5) is 0 Å². The molecule has 0 aliphatic carbocycles. The molecule has 0 amide bonds. The fourth-order valence-corrected chi connectivity index (χ4v) is 3.30. The molecule has 0 aliphatic rings. The highest BCUT2D eigenvalue weighted by Gasteiger charge is 2.03. The second kappa shape index (κ2) is 11.0. The Morgan fingerprint density at radius 3 is 2.27 bits per heavy atom. The summed E-state index contributed by atoms with van der Waals surface area (Å²) >= 11 is 0. The molecular formula is C25H30N4O. The average Bonchev–Trinajstić information content (AvgIpc) is 2.78. The van der Waals surface area contributed by atoms with Crippen molar-refractivity contribution in [3.05, 3.63) is 106 Å². The SMILES string of the molecule is CCNC(=NCc1ccc(Cn2ccccc2=O)cc1)NCc1ccccc1CC. The maximum Gasteiger partial charge on any atom is 0.250 e. The first kappa shape index (κ1) is 21.4. The second-order valence-corrected chi connectivity index (χ2v) is 7.15. The molecule has 3 rings (SSSR count). The van der Waals surface area contributed by atoms with Gasteiger partial charge in [0.05, 0.1) is 13.1 Å². The van der Waals surface area contributed by atoms with Gasteiger partial charge in [-0.15, -0.1) is 0 Å². The third-order valence-corrected chi connectivity index (χ3v) is 4.98. The fraction of sp³-hybridized carbons (Fsp3) is 0.280. The summed E-state index contributed by atoms with van der Waals surface area (Å²) in [6.45, 7) is 6.97. The highest BCUT2D eigenvalue weighted by atomic mass is 16.1.